The van der Waals surface area contributed by atoms with E-state index < -0.39 is 0 Å². The van der Waals surface area contributed by atoms with Crippen molar-refractivity contribution in [2.75, 3.05) is 6.54 Å². The number of nitrogens with one attached hydrogen (secondary N) is 1. The van der Waals surface area contributed by atoms with Crippen LogP contribution in [0.4, 0.5) is 0 Å². The van der Waals surface area contributed by atoms with Crippen molar-refractivity contribution in [3.05, 3.63) is 30.0 Å². The molecule has 0 aliphatic carbocycles. The van der Waals surface area contributed by atoms with Gasteiger partial charge in [0.2, 0.25) is 0 Å². The lowest BCUT2D eigenvalue weighted by atomic mass is 10.3. The molecule has 0 radical (unpaired) electrons. The van der Waals surface area contributed by atoms with Gasteiger partial charge in [0, 0.05) is 18.9 Å². The molecule has 0 aliphatic rings. The molecule has 19 heavy (non-hydrogen) atoms. The minimum absolute atomic E-state index is 0.524. The molecule has 4 nitrogen and oxygen atoms in total. The number of oxazole rings is 1. The molecule has 2 heterocycles. The van der Waals surface area contributed by atoms with Crippen molar-refractivity contribution >= 4 is 0 Å². The van der Waals surface area contributed by atoms with Crippen LogP contribution in [0, 0.1) is 0 Å². The van der Waals surface area contributed by atoms with E-state index in [2.05, 4.69) is 31.1 Å². The highest BCUT2D eigenvalue weighted by atomic mass is 16.4. The van der Waals surface area contributed by atoms with Gasteiger partial charge in [0.1, 0.15) is 5.76 Å². The number of hydrogen-bond donors (Lipinski definition) is 1. The van der Waals surface area contributed by atoms with Crippen molar-refractivity contribution in [2.45, 2.75) is 46.1 Å². The van der Waals surface area contributed by atoms with Crippen molar-refractivity contribution in [3.63, 3.8) is 0 Å². The molecule has 0 aliphatic heterocycles. The third-order valence-corrected chi connectivity index (χ3v) is 2.93. The molecule has 0 aromatic carbocycles. The first kappa shape index (κ1) is 13.9. The average molecular weight is 262 g/mol. The zero-order valence-corrected chi connectivity index (χ0v) is 11.9. The zero-order valence-electron chi connectivity index (χ0n) is 11.9. The Morgan fingerprint density at radius 1 is 1.21 bits per heavy atom. The molecular weight excluding hydrogens is 240 g/mol. The second kappa shape index (κ2) is 6.57. The van der Waals surface area contributed by atoms with E-state index in [4.69, 9.17) is 8.83 Å². The number of aromatic nitrogens is 1. The van der Waals surface area contributed by atoms with E-state index in [0.717, 1.165) is 43.2 Å². The van der Waals surface area contributed by atoms with Crippen molar-refractivity contribution in [2.24, 2.45) is 0 Å². The number of hydrogen-bond acceptors (Lipinski definition) is 4. The van der Waals surface area contributed by atoms with Crippen LogP contribution >= 0.6 is 0 Å². The second-order valence-electron chi connectivity index (χ2n) is 4.95. The van der Waals surface area contributed by atoms with Gasteiger partial charge in [-0.05, 0) is 25.1 Å². The summed E-state index contributed by atoms with van der Waals surface area (Å²) < 4.78 is 11.3. The molecule has 0 saturated heterocycles. The van der Waals surface area contributed by atoms with Crippen molar-refractivity contribution in [1.82, 2.24) is 10.3 Å². The van der Waals surface area contributed by atoms with Crippen LogP contribution in [-0.4, -0.2) is 17.6 Å². The van der Waals surface area contributed by atoms with Gasteiger partial charge >= 0.3 is 0 Å². The minimum Gasteiger partial charge on any atom is -0.458 e. The van der Waals surface area contributed by atoms with Crippen LogP contribution in [0.2, 0.25) is 0 Å². The Balaban J connectivity index is 1.88. The lowest BCUT2D eigenvalue weighted by molar-refractivity contribution is 0.460. The monoisotopic (exact) mass is 262 g/mol. The summed E-state index contributed by atoms with van der Waals surface area (Å²) in [5.74, 6) is 3.21. The molecular formula is C15H22N2O2. The quantitative estimate of drug-likeness (QED) is 0.777. The van der Waals surface area contributed by atoms with E-state index >= 15 is 0 Å². The highest BCUT2D eigenvalue weighted by molar-refractivity contribution is 5.48. The highest BCUT2D eigenvalue weighted by Crippen LogP contribution is 2.23. The van der Waals surface area contributed by atoms with Crippen LogP contribution in [0.1, 0.15) is 38.8 Å². The third kappa shape index (κ3) is 3.96. The van der Waals surface area contributed by atoms with E-state index in [0.29, 0.717) is 11.8 Å². The molecule has 104 valence electrons. The third-order valence-electron chi connectivity index (χ3n) is 2.93. The Labute approximate surface area is 114 Å². The number of aryl methyl sites for hydroxylation is 2. The smallest absolute Gasteiger partial charge is 0.195 e. The fourth-order valence-corrected chi connectivity index (χ4v) is 1.87. The van der Waals surface area contributed by atoms with Crippen LogP contribution in [0.3, 0.4) is 0 Å². The zero-order chi connectivity index (χ0) is 13.7. The first-order valence-electron chi connectivity index (χ1n) is 6.96. The molecule has 0 saturated carbocycles. The summed E-state index contributed by atoms with van der Waals surface area (Å²) in [5.41, 5.74) is 0. The van der Waals surface area contributed by atoms with Crippen molar-refractivity contribution in [3.8, 4) is 11.5 Å². The normalized spacial score (nSPS) is 11.4. The number of rotatable bonds is 7. The molecule has 0 unspecified atom stereocenters. The highest BCUT2D eigenvalue weighted by Gasteiger charge is 2.10. The molecule has 4 heteroatoms. The summed E-state index contributed by atoms with van der Waals surface area (Å²) in [6.45, 7) is 7.34. The second-order valence-corrected chi connectivity index (χ2v) is 4.95. The van der Waals surface area contributed by atoms with Crippen LogP contribution in [-0.2, 0) is 12.8 Å². The summed E-state index contributed by atoms with van der Waals surface area (Å²) in [4.78, 5) is 4.29. The maximum Gasteiger partial charge on any atom is 0.195 e. The summed E-state index contributed by atoms with van der Waals surface area (Å²) in [6.07, 6.45) is 4.50. The Morgan fingerprint density at radius 3 is 2.74 bits per heavy atom. The Hall–Kier alpha value is -1.55. The van der Waals surface area contributed by atoms with Crippen LogP contribution in [0.25, 0.3) is 11.5 Å². The fourth-order valence-electron chi connectivity index (χ4n) is 1.87. The summed E-state index contributed by atoms with van der Waals surface area (Å²) in [6, 6.07) is 4.43. The lowest BCUT2D eigenvalue weighted by Crippen LogP contribution is -2.23. The standard InChI is InChI=1S/C15H22N2O2/c1-4-12-7-8-13(18-12)14-10-17-15(19-14)6-5-9-16-11(2)3/h7-8,10-11,16H,4-6,9H2,1-3H3. The molecule has 0 bridgehead atoms. The van der Waals surface area contributed by atoms with E-state index in [9.17, 15) is 0 Å². The van der Waals surface area contributed by atoms with Crippen molar-refractivity contribution < 1.29 is 8.83 Å². The minimum atomic E-state index is 0.524. The van der Waals surface area contributed by atoms with Gasteiger partial charge in [0.05, 0.1) is 6.20 Å². The van der Waals surface area contributed by atoms with Crippen LogP contribution in [0.5, 0.6) is 0 Å². The van der Waals surface area contributed by atoms with E-state index in [-0.39, 0.29) is 0 Å². The largest absolute Gasteiger partial charge is 0.458 e. The molecule has 0 atom stereocenters. The summed E-state index contributed by atoms with van der Waals surface area (Å²) in [7, 11) is 0. The summed E-state index contributed by atoms with van der Waals surface area (Å²) in [5, 5.41) is 3.38. The van der Waals surface area contributed by atoms with Crippen LogP contribution in [0.15, 0.2) is 27.2 Å². The van der Waals surface area contributed by atoms with Gasteiger partial charge < -0.3 is 14.2 Å². The van der Waals surface area contributed by atoms with Gasteiger partial charge in [-0.15, -0.1) is 0 Å². The Bertz CT molecular complexity index is 500. The maximum atomic E-state index is 5.70. The van der Waals surface area contributed by atoms with Gasteiger partial charge in [-0.1, -0.05) is 20.8 Å². The first-order chi connectivity index (χ1) is 9.19. The maximum absolute atomic E-state index is 5.70. The lowest BCUT2D eigenvalue weighted by Gasteiger charge is -2.05. The van der Waals surface area contributed by atoms with Gasteiger partial charge in [-0.2, -0.15) is 0 Å². The van der Waals surface area contributed by atoms with Crippen molar-refractivity contribution in [1.29, 1.82) is 0 Å². The topological polar surface area (TPSA) is 51.2 Å². The van der Waals surface area contributed by atoms with E-state index in [1.807, 2.05) is 12.1 Å². The molecule has 1 N–H and O–H groups in total. The predicted molar refractivity (Wildman–Crippen MR) is 75.0 cm³/mol. The SMILES string of the molecule is CCc1ccc(-c2cnc(CCCNC(C)C)o2)o1. The molecule has 0 spiro atoms. The Kier molecular flexibility index (Phi) is 4.80. The Morgan fingerprint density at radius 2 is 2.05 bits per heavy atom. The van der Waals surface area contributed by atoms with E-state index in [1.54, 1.807) is 6.20 Å². The molecule has 2 aromatic rings. The molecule has 2 rings (SSSR count). The number of nitrogens with zero attached hydrogens (tertiary/aromatic N) is 1. The molecule has 0 fully saturated rings. The van der Waals surface area contributed by atoms with Gasteiger partial charge in [0.25, 0.3) is 0 Å². The first-order valence-corrected chi connectivity index (χ1v) is 6.96. The number of furan rings is 1. The fraction of sp³-hybridized carbons (Fsp3) is 0.533. The van der Waals surface area contributed by atoms with Gasteiger partial charge in [0.15, 0.2) is 17.4 Å². The van der Waals surface area contributed by atoms with Crippen LogP contribution < -0.4 is 5.32 Å². The molecule has 2 aromatic heterocycles. The predicted octanol–water partition coefficient (Wildman–Crippen LogP) is 3.43. The van der Waals surface area contributed by atoms with E-state index in [1.165, 1.54) is 0 Å². The van der Waals surface area contributed by atoms with Gasteiger partial charge in [-0.25, -0.2) is 4.98 Å². The summed E-state index contributed by atoms with van der Waals surface area (Å²) >= 11 is 0. The molecule has 0 amide bonds. The average Bonchev–Trinajstić information content (AvgIpc) is 3.02. The van der Waals surface area contributed by atoms with Gasteiger partial charge in [-0.3, -0.25) is 0 Å².